The Hall–Kier alpha value is -1.36. The van der Waals surface area contributed by atoms with Crippen molar-refractivity contribution in [2.45, 2.75) is 32.2 Å². The van der Waals surface area contributed by atoms with Crippen LogP contribution in [0.25, 0.3) is 11.2 Å². The lowest BCUT2D eigenvalue weighted by Crippen LogP contribution is -2.11. The second-order valence-corrected chi connectivity index (χ2v) is 5.38. The highest BCUT2D eigenvalue weighted by Gasteiger charge is 2.38. The number of imidazole rings is 1. The highest BCUT2D eigenvalue weighted by molar-refractivity contribution is 6.16. The summed E-state index contributed by atoms with van der Waals surface area (Å²) in [5, 5.41) is 0. The van der Waals surface area contributed by atoms with Crippen molar-refractivity contribution in [3.05, 3.63) is 12.2 Å². The van der Waals surface area contributed by atoms with Gasteiger partial charge in [-0.05, 0) is 18.3 Å². The van der Waals surface area contributed by atoms with E-state index in [1.54, 1.807) is 7.11 Å². The molecule has 0 aromatic carbocycles. The van der Waals surface area contributed by atoms with E-state index in [9.17, 15) is 0 Å². The predicted molar refractivity (Wildman–Crippen MR) is 68.8 cm³/mol. The first kappa shape index (κ1) is 11.7. The third kappa shape index (κ3) is 1.82. The second kappa shape index (κ2) is 4.09. The van der Waals surface area contributed by atoms with Crippen molar-refractivity contribution in [3.63, 3.8) is 0 Å². The molecule has 1 aliphatic carbocycles. The summed E-state index contributed by atoms with van der Waals surface area (Å²) in [5.41, 5.74) is 1.87. The molecule has 96 valence electrons. The van der Waals surface area contributed by atoms with E-state index in [0.717, 1.165) is 18.0 Å². The van der Waals surface area contributed by atoms with E-state index in [4.69, 9.17) is 16.3 Å². The molecule has 2 heterocycles. The molecule has 18 heavy (non-hydrogen) atoms. The van der Waals surface area contributed by atoms with Crippen LogP contribution in [0.1, 0.15) is 25.6 Å². The summed E-state index contributed by atoms with van der Waals surface area (Å²) < 4.78 is 7.31. The van der Waals surface area contributed by atoms with E-state index in [1.165, 1.54) is 19.2 Å². The minimum Gasteiger partial charge on any atom is -0.479 e. The number of rotatable bonds is 4. The summed E-state index contributed by atoms with van der Waals surface area (Å²) in [6, 6.07) is 0. The van der Waals surface area contributed by atoms with Crippen LogP contribution in [-0.2, 0) is 12.4 Å². The average Bonchev–Trinajstić information content (AvgIpc) is 3.00. The molecule has 0 N–H and O–H groups in total. The number of methoxy groups -OCH3 is 1. The minimum atomic E-state index is 0.368. The predicted octanol–water partition coefficient (Wildman–Crippen LogP) is 2.37. The van der Waals surface area contributed by atoms with E-state index in [0.29, 0.717) is 22.7 Å². The molecule has 5 nitrogen and oxygen atoms in total. The fraction of sp³-hybridized carbons (Fsp3) is 0.583. The van der Waals surface area contributed by atoms with Crippen molar-refractivity contribution in [3.8, 4) is 5.88 Å². The summed E-state index contributed by atoms with van der Waals surface area (Å²) in [6.07, 6.45) is 4.00. The number of nitrogens with zero attached hydrogens (tertiary/aromatic N) is 4. The Morgan fingerprint density at radius 1 is 1.44 bits per heavy atom. The molecule has 1 aliphatic rings. The van der Waals surface area contributed by atoms with Crippen molar-refractivity contribution < 1.29 is 4.74 Å². The third-order valence-corrected chi connectivity index (χ3v) is 3.77. The molecule has 0 radical (unpaired) electrons. The van der Waals surface area contributed by atoms with E-state index >= 15 is 0 Å². The third-order valence-electron chi connectivity index (χ3n) is 3.53. The maximum Gasteiger partial charge on any atom is 0.245 e. The molecular formula is C12H15ClN4O. The number of halogens is 1. The van der Waals surface area contributed by atoms with Crippen LogP contribution in [0, 0.1) is 5.41 Å². The van der Waals surface area contributed by atoms with Gasteiger partial charge in [-0.25, -0.2) is 9.97 Å². The largest absolute Gasteiger partial charge is 0.479 e. The van der Waals surface area contributed by atoms with Crippen LogP contribution in [0.4, 0.5) is 0 Å². The molecule has 0 bridgehead atoms. The molecule has 0 spiro atoms. The van der Waals surface area contributed by atoms with Gasteiger partial charge in [0.25, 0.3) is 0 Å². The zero-order valence-electron chi connectivity index (χ0n) is 10.5. The van der Waals surface area contributed by atoms with Gasteiger partial charge in [-0.15, -0.1) is 11.6 Å². The van der Waals surface area contributed by atoms with Gasteiger partial charge in [0.05, 0.1) is 13.0 Å². The summed E-state index contributed by atoms with van der Waals surface area (Å²) in [6.45, 7) is 3.18. The highest BCUT2D eigenvalue weighted by atomic mass is 35.5. The van der Waals surface area contributed by atoms with Gasteiger partial charge in [0.1, 0.15) is 12.2 Å². The lowest BCUT2D eigenvalue weighted by molar-refractivity contribution is 0.401. The van der Waals surface area contributed by atoms with Gasteiger partial charge in [-0.3, -0.25) is 0 Å². The van der Waals surface area contributed by atoms with E-state index in [-0.39, 0.29) is 0 Å². The van der Waals surface area contributed by atoms with Crippen LogP contribution < -0.4 is 4.74 Å². The van der Waals surface area contributed by atoms with Gasteiger partial charge in [0.15, 0.2) is 11.2 Å². The summed E-state index contributed by atoms with van der Waals surface area (Å²) in [5.74, 6) is 1.71. The monoisotopic (exact) mass is 266 g/mol. The molecule has 6 heteroatoms. The number of hydrogen-bond acceptors (Lipinski definition) is 4. The standard InChI is InChI=1S/C12H15ClN4O/c1-12(3-4-12)6-17-8(5-13)16-9-10(17)14-7-15-11(9)18-2/h7H,3-6H2,1-2H3. The first-order chi connectivity index (χ1) is 8.67. The summed E-state index contributed by atoms with van der Waals surface area (Å²) >= 11 is 5.98. The second-order valence-electron chi connectivity index (χ2n) is 5.11. The topological polar surface area (TPSA) is 52.8 Å². The van der Waals surface area contributed by atoms with Crippen molar-refractivity contribution in [1.29, 1.82) is 0 Å². The average molecular weight is 267 g/mol. The van der Waals surface area contributed by atoms with Crippen molar-refractivity contribution in [2.24, 2.45) is 5.41 Å². The van der Waals surface area contributed by atoms with Gasteiger partial charge in [0, 0.05) is 6.54 Å². The van der Waals surface area contributed by atoms with E-state index in [1.807, 2.05) is 0 Å². The zero-order valence-corrected chi connectivity index (χ0v) is 11.2. The minimum absolute atomic E-state index is 0.368. The summed E-state index contributed by atoms with van der Waals surface area (Å²) in [7, 11) is 1.59. The molecular weight excluding hydrogens is 252 g/mol. The van der Waals surface area contributed by atoms with Crippen LogP contribution in [0.2, 0.25) is 0 Å². The zero-order chi connectivity index (χ0) is 12.8. The SMILES string of the molecule is COc1ncnc2c1nc(CCl)n2CC1(C)CC1. The lowest BCUT2D eigenvalue weighted by atomic mass is 10.1. The molecule has 0 aliphatic heterocycles. The normalized spacial score (nSPS) is 17.1. The number of ether oxygens (including phenoxy) is 1. The fourth-order valence-electron chi connectivity index (χ4n) is 2.13. The van der Waals surface area contributed by atoms with Crippen LogP contribution in [0.5, 0.6) is 5.88 Å². The number of alkyl halides is 1. The molecule has 0 unspecified atom stereocenters. The van der Waals surface area contributed by atoms with Gasteiger partial charge in [-0.1, -0.05) is 6.92 Å². The summed E-state index contributed by atoms with van der Waals surface area (Å²) in [4.78, 5) is 12.9. The molecule has 3 rings (SSSR count). The lowest BCUT2D eigenvalue weighted by Gasteiger charge is -2.12. The van der Waals surface area contributed by atoms with Crippen molar-refractivity contribution >= 4 is 22.8 Å². The first-order valence-electron chi connectivity index (χ1n) is 5.97. The maximum atomic E-state index is 5.98. The number of fused-ring (bicyclic) bond motifs is 1. The number of aromatic nitrogens is 4. The van der Waals surface area contributed by atoms with Crippen molar-refractivity contribution in [2.75, 3.05) is 7.11 Å². The smallest absolute Gasteiger partial charge is 0.245 e. The Kier molecular flexibility index (Phi) is 2.66. The van der Waals surface area contributed by atoms with Gasteiger partial charge in [-0.2, -0.15) is 4.98 Å². The first-order valence-corrected chi connectivity index (χ1v) is 6.50. The van der Waals surface area contributed by atoms with E-state index in [2.05, 4.69) is 26.4 Å². The molecule has 0 saturated heterocycles. The molecule has 2 aromatic rings. The van der Waals surface area contributed by atoms with Crippen LogP contribution in [-0.4, -0.2) is 26.6 Å². The molecule has 1 fully saturated rings. The Labute approximate surface area is 110 Å². The molecule has 0 atom stereocenters. The van der Waals surface area contributed by atoms with Gasteiger partial charge < -0.3 is 9.30 Å². The fourth-order valence-corrected chi connectivity index (χ4v) is 2.34. The Morgan fingerprint density at radius 2 is 2.22 bits per heavy atom. The maximum absolute atomic E-state index is 5.98. The highest BCUT2D eigenvalue weighted by Crippen LogP contribution is 2.47. The Morgan fingerprint density at radius 3 is 2.83 bits per heavy atom. The van der Waals surface area contributed by atoms with Gasteiger partial charge >= 0.3 is 0 Å². The molecule has 1 saturated carbocycles. The Balaban J connectivity index is 2.15. The van der Waals surface area contributed by atoms with Crippen molar-refractivity contribution in [1.82, 2.24) is 19.5 Å². The molecule has 0 amide bonds. The van der Waals surface area contributed by atoms with Gasteiger partial charge in [0.2, 0.25) is 5.88 Å². The quantitative estimate of drug-likeness (QED) is 0.798. The van der Waals surface area contributed by atoms with Crippen LogP contribution >= 0.6 is 11.6 Å². The van der Waals surface area contributed by atoms with E-state index < -0.39 is 0 Å². The number of hydrogen-bond donors (Lipinski definition) is 0. The molecule has 2 aromatic heterocycles. The van der Waals surface area contributed by atoms with Crippen LogP contribution in [0.3, 0.4) is 0 Å². The van der Waals surface area contributed by atoms with Crippen LogP contribution in [0.15, 0.2) is 6.33 Å². The Bertz CT molecular complexity index is 591.